The fourth-order valence-electron chi connectivity index (χ4n) is 4.07. The first-order chi connectivity index (χ1) is 13.6. The summed E-state index contributed by atoms with van der Waals surface area (Å²) >= 11 is 0. The number of likely N-dealkylation sites (tertiary alicyclic amines) is 1. The molecule has 0 spiro atoms. The second-order valence-corrected chi connectivity index (χ2v) is 7.70. The highest BCUT2D eigenvalue weighted by atomic mass is 16.3. The zero-order valence-electron chi connectivity index (χ0n) is 16.9. The quantitative estimate of drug-likeness (QED) is 0.724. The van der Waals surface area contributed by atoms with Gasteiger partial charge in [0.25, 0.3) is 0 Å². The minimum Gasteiger partial charge on any atom is -0.464 e. The van der Waals surface area contributed by atoms with Crippen molar-refractivity contribution in [2.24, 2.45) is 0 Å². The third-order valence-corrected chi connectivity index (χ3v) is 5.98. The topological polar surface area (TPSA) is 63.3 Å². The van der Waals surface area contributed by atoms with Crippen LogP contribution in [0, 0.1) is 13.8 Å². The van der Waals surface area contributed by atoms with E-state index in [-0.39, 0.29) is 12.3 Å². The Labute approximate surface area is 165 Å². The molecule has 6 heteroatoms. The summed E-state index contributed by atoms with van der Waals surface area (Å²) in [6.07, 6.45) is 5.87. The first kappa shape index (κ1) is 18.7. The maximum atomic E-state index is 12.7. The van der Waals surface area contributed by atoms with Gasteiger partial charge in [0.05, 0.1) is 24.9 Å². The minimum absolute atomic E-state index is 0.0475. The SMILES string of the molecule is CCN1CCC(n2nccc2NC(=O)Cc2coc3c(C)c(C)ccc23)CC1. The Kier molecular flexibility index (Phi) is 5.22. The van der Waals surface area contributed by atoms with Crippen molar-refractivity contribution in [3.63, 3.8) is 0 Å². The lowest BCUT2D eigenvalue weighted by Gasteiger charge is -2.31. The summed E-state index contributed by atoms with van der Waals surface area (Å²) in [6.45, 7) is 9.56. The largest absolute Gasteiger partial charge is 0.464 e. The van der Waals surface area contributed by atoms with Crippen molar-refractivity contribution >= 4 is 22.7 Å². The molecule has 148 valence electrons. The van der Waals surface area contributed by atoms with Gasteiger partial charge in [-0.3, -0.25) is 4.79 Å². The minimum atomic E-state index is -0.0475. The summed E-state index contributed by atoms with van der Waals surface area (Å²) < 4.78 is 7.71. The van der Waals surface area contributed by atoms with E-state index >= 15 is 0 Å². The molecule has 0 aliphatic carbocycles. The van der Waals surface area contributed by atoms with E-state index in [1.165, 1.54) is 5.56 Å². The van der Waals surface area contributed by atoms with Gasteiger partial charge in [0, 0.05) is 30.1 Å². The Morgan fingerprint density at radius 3 is 2.79 bits per heavy atom. The van der Waals surface area contributed by atoms with E-state index in [2.05, 4.69) is 35.2 Å². The zero-order chi connectivity index (χ0) is 19.7. The number of carbonyl (C=O) groups is 1. The van der Waals surface area contributed by atoms with E-state index in [9.17, 15) is 4.79 Å². The summed E-state index contributed by atoms with van der Waals surface area (Å²) in [7, 11) is 0. The van der Waals surface area contributed by atoms with Crippen molar-refractivity contribution in [3.8, 4) is 0 Å². The maximum absolute atomic E-state index is 12.7. The van der Waals surface area contributed by atoms with Gasteiger partial charge in [0.2, 0.25) is 5.91 Å². The number of fused-ring (bicyclic) bond motifs is 1. The monoisotopic (exact) mass is 380 g/mol. The van der Waals surface area contributed by atoms with Crippen molar-refractivity contribution in [2.45, 2.75) is 46.1 Å². The summed E-state index contributed by atoms with van der Waals surface area (Å²) in [5, 5.41) is 8.54. The van der Waals surface area contributed by atoms with Crippen LogP contribution in [0.25, 0.3) is 11.0 Å². The van der Waals surface area contributed by atoms with E-state index in [0.717, 1.165) is 60.4 Å². The third-order valence-electron chi connectivity index (χ3n) is 5.98. The van der Waals surface area contributed by atoms with E-state index < -0.39 is 0 Å². The number of piperidine rings is 1. The predicted molar refractivity (Wildman–Crippen MR) is 111 cm³/mol. The number of aryl methyl sites for hydroxylation is 2. The molecule has 1 saturated heterocycles. The van der Waals surface area contributed by atoms with Crippen molar-refractivity contribution in [3.05, 3.63) is 47.3 Å². The molecule has 3 aromatic rings. The summed E-state index contributed by atoms with van der Waals surface area (Å²) in [4.78, 5) is 15.2. The van der Waals surface area contributed by atoms with Gasteiger partial charge < -0.3 is 14.6 Å². The van der Waals surface area contributed by atoms with Crippen LogP contribution in [0.5, 0.6) is 0 Å². The summed E-state index contributed by atoms with van der Waals surface area (Å²) in [6, 6.07) is 6.33. The van der Waals surface area contributed by atoms with Crippen LogP contribution < -0.4 is 5.32 Å². The molecule has 0 saturated carbocycles. The molecule has 0 atom stereocenters. The first-order valence-corrected chi connectivity index (χ1v) is 10.1. The molecule has 1 aliphatic rings. The number of nitrogens with zero attached hydrogens (tertiary/aromatic N) is 3. The van der Waals surface area contributed by atoms with Crippen molar-refractivity contribution in [1.29, 1.82) is 0 Å². The summed E-state index contributed by atoms with van der Waals surface area (Å²) in [5.74, 6) is 0.730. The molecule has 1 aromatic carbocycles. The zero-order valence-corrected chi connectivity index (χ0v) is 16.9. The lowest BCUT2D eigenvalue weighted by Crippen LogP contribution is -2.35. The highest BCUT2D eigenvalue weighted by Gasteiger charge is 2.22. The highest BCUT2D eigenvalue weighted by Crippen LogP contribution is 2.28. The van der Waals surface area contributed by atoms with Crippen LogP contribution in [-0.2, 0) is 11.2 Å². The molecule has 3 heterocycles. The molecular formula is C22H28N4O2. The molecule has 1 amide bonds. The van der Waals surface area contributed by atoms with E-state index in [1.54, 1.807) is 12.5 Å². The highest BCUT2D eigenvalue weighted by molar-refractivity contribution is 5.95. The third kappa shape index (κ3) is 3.56. The Hall–Kier alpha value is -2.60. The van der Waals surface area contributed by atoms with E-state index in [1.807, 2.05) is 23.7 Å². The molecule has 1 N–H and O–H groups in total. The number of hydrogen-bond acceptors (Lipinski definition) is 4. The second-order valence-electron chi connectivity index (χ2n) is 7.70. The Morgan fingerprint density at radius 2 is 2.04 bits per heavy atom. The van der Waals surface area contributed by atoms with Gasteiger partial charge in [-0.2, -0.15) is 5.10 Å². The number of rotatable bonds is 5. The van der Waals surface area contributed by atoms with Crippen LogP contribution in [0.1, 0.15) is 42.5 Å². The average Bonchev–Trinajstić information content (AvgIpc) is 3.32. The second kappa shape index (κ2) is 7.80. The van der Waals surface area contributed by atoms with Crippen LogP contribution in [-0.4, -0.2) is 40.2 Å². The normalized spacial score (nSPS) is 16.0. The number of carbonyl (C=O) groups excluding carboxylic acids is 1. The molecule has 1 aliphatic heterocycles. The van der Waals surface area contributed by atoms with Gasteiger partial charge in [-0.1, -0.05) is 19.1 Å². The van der Waals surface area contributed by atoms with Gasteiger partial charge in [0.1, 0.15) is 11.4 Å². The van der Waals surface area contributed by atoms with Crippen LogP contribution in [0.2, 0.25) is 0 Å². The number of amides is 1. The summed E-state index contributed by atoms with van der Waals surface area (Å²) in [5.41, 5.74) is 4.10. The Balaban J connectivity index is 1.46. The standard InChI is InChI=1S/C22H28N4O2/c1-4-25-11-8-18(9-12-25)26-20(7-10-23-26)24-21(27)13-17-14-28-22-16(3)15(2)5-6-19(17)22/h5-7,10,14,18H,4,8-9,11-13H2,1-3H3,(H,24,27). The van der Waals surface area contributed by atoms with Crippen LogP contribution in [0.3, 0.4) is 0 Å². The molecule has 6 nitrogen and oxygen atoms in total. The lowest BCUT2D eigenvalue weighted by atomic mass is 10.0. The maximum Gasteiger partial charge on any atom is 0.230 e. The van der Waals surface area contributed by atoms with Crippen LogP contribution in [0.4, 0.5) is 5.82 Å². The van der Waals surface area contributed by atoms with Crippen LogP contribution >= 0.6 is 0 Å². The predicted octanol–water partition coefficient (Wildman–Crippen LogP) is 4.08. The molecule has 4 rings (SSSR count). The molecule has 0 unspecified atom stereocenters. The molecular weight excluding hydrogens is 352 g/mol. The van der Waals surface area contributed by atoms with Gasteiger partial charge in [-0.15, -0.1) is 0 Å². The molecule has 28 heavy (non-hydrogen) atoms. The number of furan rings is 1. The molecule has 0 bridgehead atoms. The van der Waals surface area contributed by atoms with Crippen molar-refractivity contribution in [1.82, 2.24) is 14.7 Å². The fourth-order valence-corrected chi connectivity index (χ4v) is 4.07. The van der Waals surface area contributed by atoms with Gasteiger partial charge in [0.15, 0.2) is 0 Å². The van der Waals surface area contributed by atoms with E-state index in [4.69, 9.17) is 4.42 Å². The smallest absolute Gasteiger partial charge is 0.230 e. The number of aromatic nitrogens is 2. The average molecular weight is 380 g/mol. The molecule has 0 radical (unpaired) electrons. The fraction of sp³-hybridized carbons (Fsp3) is 0.455. The first-order valence-electron chi connectivity index (χ1n) is 10.1. The Morgan fingerprint density at radius 1 is 1.25 bits per heavy atom. The number of hydrogen-bond donors (Lipinski definition) is 1. The van der Waals surface area contributed by atoms with Gasteiger partial charge in [-0.25, -0.2) is 4.68 Å². The molecule has 2 aromatic heterocycles. The van der Waals surface area contributed by atoms with E-state index in [0.29, 0.717) is 6.04 Å². The number of nitrogens with one attached hydrogen (secondary N) is 1. The lowest BCUT2D eigenvalue weighted by molar-refractivity contribution is -0.115. The van der Waals surface area contributed by atoms with Gasteiger partial charge >= 0.3 is 0 Å². The van der Waals surface area contributed by atoms with Gasteiger partial charge in [-0.05, 0) is 44.4 Å². The number of benzene rings is 1. The Bertz CT molecular complexity index is 980. The number of anilines is 1. The van der Waals surface area contributed by atoms with Crippen molar-refractivity contribution in [2.75, 3.05) is 25.0 Å². The van der Waals surface area contributed by atoms with Crippen LogP contribution in [0.15, 0.2) is 35.1 Å². The molecule has 1 fully saturated rings. The van der Waals surface area contributed by atoms with Crippen molar-refractivity contribution < 1.29 is 9.21 Å².